The number of amides is 1. The topological polar surface area (TPSA) is 59.1 Å². The highest BCUT2D eigenvalue weighted by molar-refractivity contribution is 7.16. The van der Waals surface area contributed by atoms with Crippen molar-refractivity contribution in [3.05, 3.63) is 40.1 Å². The summed E-state index contributed by atoms with van der Waals surface area (Å²) in [6.45, 7) is 1.99. The van der Waals surface area contributed by atoms with Crippen LogP contribution in [0.15, 0.2) is 24.4 Å². The third kappa shape index (κ3) is 3.59. The highest BCUT2D eigenvalue weighted by Crippen LogP contribution is 2.29. The van der Waals surface area contributed by atoms with Gasteiger partial charge in [0.2, 0.25) is 0 Å². The van der Waals surface area contributed by atoms with Gasteiger partial charge in [-0.2, -0.15) is 0 Å². The minimum atomic E-state index is -0.459. The Labute approximate surface area is 141 Å². The number of halogens is 2. The van der Waals surface area contributed by atoms with E-state index < -0.39 is 11.9 Å². The Morgan fingerprint density at radius 3 is 2.87 bits per heavy atom. The molecule has 1 amide bonds. The number of benzene rings is 1. The normalized spacial score (nSPS) is 20.7. The zero-order chi connectivity index (χ0) is 16.6. The van der Waals surface area contributed by atoms with Crippen molar-refractivity contribution in [1.29, 1.82) is 0 Å². The van der Waals surface area contributed by atoms with Gasteiger partial charge in [0.1, 0.15) is 15.7 Å². The molecule has 1 saturated carbocycles. The summed E-state index contributed by atoms with van der Waals surface area (Å²) >= 11 is 6.97. The number of hydrogen-bond donors (Lipinski definition) is 1. The molecule has 1 aliphatic rings. The van der Waals surface area contributed by atoms with Gasteiger partial charge in [0.15, 0.2) is 5.78 Å². The number of rotatable bonds is 3. The highest BCUT2D eigenvalue weighted by Gasteiger charge is 2.31. The molecule has 0 saturated heterocycles. The van der Waals surface area contributed by atoms with Crippen LogP contribution in [-0.4, -0.2) is 22.7 Å². The lowest BCUT2D eigenvalue weighted by atomic mass is 10.1. The largest absolute Gasteiger partial charge is 0.341 e. The van der Waals surface area contributed by atoms with Crippen LogP contribution < -0.4 is 5.32 Å². The van der Waals surface area contributed by atoms with Crippen LogP contribution >= 0.6 is 22.9 Å². The number of thiazole rings is 1. The summed E-state index contributed by atoms with van der Waals surface area (Å²) in [6, 6.07) is 3.69. The van der Waals surface area contributed by atoms with Crippen LogP contribution in [0.2, 0.25) is 5.02 Å². The maximum absolute atomic E-state index is 13.4. The van der Waals surface area contributed by atoms with E-state index in [1.807, 2.05) is 6.92 Å². The fourth-order valence-corrected chi connectivity index (χ4v) is 3.69. The van der Waals surface area contributed by atoms with Crippen LogP contribution in [-0.2, 0) is 4.79 Å². The maximum atomic E-state index is 13.4. The first kappa shape index (κ1) is 16.1. The predicted molar refractivity (Wildman–Crippen MR) is 87.2 cm³/mol. The van der Waals surface area contributed by atoms with Gasteiger partial charge in [-0.05, 0) is 30.5 Å². The van der Waals surface area contributed by atoms with Crippen molar-refractivity contribution in [2.45, 2.75) is 25.8 Å². The molecule has 1 aromatic carbocycles. The Morgan fingerprint density at radius 1 is 1.43 bits per heavy atom. The zero-order valence-electron chi connectivity index (χ0n) is 12.3. The van der Waals surface area contributed by atoms with E-state index >= 15 is 0 Å². The van der Waals surface area contributed by atoms with Gasteiger partial charge in [0.25, 0.3) is 5.91 Å². The molecule has 0 radical (unpaired) electrons. The second-order valence-electron chi connectivity index (χ2n) is 5.73. The Balaban J connectivity index is 1.76. The Morgan fingerprint density at radius 2 is 2.22 bits per heavy atom. The summed E-state index contributed by atoms with van der Waals surface area (Å²) in [5.41, 5.74) is 0.518. The molecule has 2 aromatic rings. The molecule has 3 rings (SSSR count). The van der Waals surface area contributed by atoms with E-state index in [-0.39, 0.29) is 16.7 Å². The van der Waals surface area contributed by atoms with E-state index in [9.17, 15) is 14.0 Å². The van der Waals surface area contributed by atoms with Gasteiger partial charge in [-0.25, -0.2) is 9.37 Å². The SMILES string of the molecule is C[C@H]1CC(=O)[C@H](NC(=O)c2cnc(-c3cc(F)cc(Cl)c3)s2)C1. The third-order valence-corrected chi connectivity index (χ3v) is 4.98. The van der Waals surface area contributed by atoms with Crippen molar-refractivity contribution in [2.24, 2.45) is 5.92 Å². The Hall–Kier alpha value is -1.79. The first-order valence-electron chi connectivity index (χ1n) is 7.18. The van der Waals surface area contributed by atoms with E-state index in [2.05, 4.69) is 10.3 Å². The Kier molecular flexibility index (Phi) is 4.46. The minimum Gasteiger partial charge on any atom is -0.341 e. The Bertz CT molecular complexity index is 757. The first-order chi connectivity index (χ1) is 10.9. The zero-order valence-corrected chi connectivity index (χ0v) is 13.9. The van der Waals surface area contributed by atoms with Gasteiger partial charge < -0.3 is 5.32 Å². The van der Waals surface area contributed by atoms with Crippen molar-refractivity contribution in [3.63, 3.8) is 0 Å². The van der Waals surface area contributed by atoms with E-state index in [4.69, 9.17) is 11.6 Å². The molecule has 120 valence electrons. The molecule has 4 nitrogen and oxygen atoms in total. The predicted octanol–water partition coefficient (Wildman–Crippen LogP) is 3.70. The number of Topliss-reactive ketones (excluding diaryl/α,β-unsaturated/α-hetero) is 1. The van der Waals surface area contributed by atoms with Gasteiger partial charge in [-0.3, -0.25) is 9.59 Å². The second kappa shape index (κ2) is 6.37. The molecule has 7 heteroatoms. The van der Waals surface area contributed by atoms with Crippen molar-refractivity contribution in [1.82, 2.24) is 10.3 Å². The molecule has 0 bridgehead atoms. The van der Waals surface area contributed by atoms with Crippen molar-refractivity contribution < 1.29 is 14.0 Å². The summed E-state index contributed by atoms with van der Waals surface area (Å²) in [4.78, 5) is 28.5. The molecule has 1 aliphatic carbocycles. The van der Waals surface area contributed by atoms with Gasteiger partial charge in [0.05, 0.1) is 12.2 Å². The van der Waals surface area contributed by atoms with E-state index in [1.165, 1.54) is 18.3 Å². The number of ketones is 1. The van der Waals surface area contributed by atoms with Gasteiger partial charge in [-0.15, -0.1) is 11.3 Å². The molecule has 0 spiro atoms. The number of nitrogens with one attached hydrogen (secondary N) is 1. The van der Waals surface area contributed by atoms with E-state index in [1.54, 1.807) is 6.07 Å². The number of carbonyl (C=O) groups is 2. The van der Waals surface area contributed by atoms with Gasteiger partial charge >= 0.3 is 0 Å². The third-order valence-electron chi connectivity index (χ3n) is 3.72. The standard InChI is InChI=1S/C16H14ClFN2O2S/c1-8-2-12(13(21)3-8)20-15(22)14-7-19-16(23-14)9-4-10(17)6-11(18)5-9/h4-8,12H,2-3H2,1H3,(H,20,22)/t8-,12-/m1/s1. The van der Waals surface area contributed by atoms with Gasteiger partial charge in [0, 0.05) is 17.0 Å². The minimum absolute atomic E-state index is 0.0625. The molecule has 0 aliphatic heterocycles. The lowest BCUT2D eigenvalue weighted by Gasteiger charge is -2.09. The smallest absolute Gasteiger partial charge is 0.263 e. The summed E-state index contributed by atoms with van der Waals surface area (Å²) in [5.74, 6) is -0.435. The molecule has 1 fully saturated rings. The van der Waals surface area contributed by atoms with Crippen molar-refractivity contribution in [2.75, 3.05) is 0 Å². The summed E-state index contributed by atoms with van der Waals surface area (Å²) < 4.78 is 13.4. The fraction of sp³-hybridized carbons (Fsp3) is 0.312. The molecule has 23 heavy (non-hydrogen) atoms. The quantitative estimate of drug-likeness (QED) is 0.916. The van der Waals surface area contributed by atoms with Crippen LogP contribution in [0.3, 0.4) is 0 Å². The summed E-state index contributed by atoms with van der Waals surface area (Å²) in [5, 5.41) is 3.52. The first-order valence-corrected chi connectivity index (χ1v) is 8.37. The molecule has 0 unspecified atom stereocenters. The molecule has 1 heterocycles. The molecular formula is C16H14ClFN2O2S. The lowest BCUT2D eigenvalue weighted by molar-refractivity contribution is -0.119. The highest BCUT2D eigenvalue weighted by atomic mass is 35.5. The summed E-state index contributed by atoms with van der Waals surface area (Å²) in [7, 11) is 0. The van der Waals surface area contributed by atoms with Crippen LogP contribution in [0.4, 0.5) is 4.39 Å². The monoisotopic (exact) mass is 352 g/mol. The second-order valence-corrected chi connectivity index (χ2v) is 7.19. The van der Waals surface area contributed by atoms with Crippen LogP contribution in [0, 0.1) is 11.7 Å². The molecule has 2 atom stereocenters. The average Bonchev–Trinajstić information content (AvgIpc) is 3.05. The molecule has 1 N–H and O–H groups in total. The van der Waals surface area contributed by atoms with Gasteiger partial charge in [-0.1, -0.05) is 18.5 Å². The van der Waals surface area contributed by atoms with E-state index in [0.29, 0.717) is 34.2 Å². The molecular weight excluding hydrogens is 339 g/mol. The van der Waals surface area contributed by atoms with Crippen LogP contribution in [0.5, 0.6) is 0 Å². The number of nitrogens with zero attached hydrogens (tertiary/aromatic N) is 1. The fourth-order valence-electron chi connectivity index (χ4n) is 2.66. The number of aromatic nitrogens is 1. The summed E-state index contributed by atoms with van der Waals surface area (Å²) in [6.07, 6.45) is 2.59. The maximum Gasteiger partial charge on any atom is 0.263 e. The van der Waals surface area contributed by atoms with Crippen molar-refractivity contribution >= 4 is 34.6 Å². The van der Waals surface area contributed by atoms with Crippen LogP contribution in [0.1, 0.15) is 29.4 Å². The number of carbonyl (C=O) groups excluding carboxylic acids is 2. The lowest BCUT2D eigenvalue weighted by Crippen LogP contribution is -2.37. The number of hydrogen-bond acceptors (Lipinski definition) is 4. The van der Waals surface area contributed by atoms with Crippen molar-refractivity contribution in [3.8, 4) is 10.6 Å². The average molecular weight is 353 g/mol. The molecule has 1 aromatic heterocycles. The van der Waals surface area contributed by atoms with Crippen LogP contribution in [0.25, 0.3) is 10.6 Å². The van der Waals surface area contributed by atoms with E-state index in [0.717, 1.165) is 11.3 Å².